The van der Waals surface area contributed by atoms with Crippen LogP contribution in [-0.4, -0.2) is 66.1 Å². The molecule has 0 aromatic heterocycles. The molecule has 0 aliphatic heterocycles. The van der Waals surface area contributed by atoms with Gasteiger partial charge in [0.1, 0.15) is 0 Å². The molecule has 0 fully saturated rings. The summed E-state index contributed by atoms with van der Waals surface area (Å²) in [4.78, 5) is 39.3. The maximum Gasteiger partial charge on any atom is 0.351 e. The van der Waals surface area contributed by atoms with Crippen molar-refractivity contribution in [3.05, 3.63) is 0 Å². The monoisotopic (exact) mass is 585 g/mol. The number of hydrogen-bond donors (Lipinski definition) is 2. The van der Waals surface area contributed by atoms with Gasteiger partial charge in [0.15, 0.2) is 11.9 Å². The Balaban J connectivity index is -0.0000000476. The van der Waals surface area contributed by atoms with Crippen LogP contribution in [0.25, 0.3) is 0 Å². The summed E-state index contributed by atoms with van der Waals surface area (Å²) in [5.74, 6) is -8.02. The number of carboxylic acid groups (broad SMARTS) is 4. The predicted octanol–water partition coefficient (Wildman–Crippen LogP) is -5.09. The molecule has 10 nitrogen and oxygen atoms in total. The predicted molar refractivity (Wildman–Crippen MR) is 48.0 cm³/mol. The molecule has 108 valence electrons. The molecule has 0 aromatic carbocycles. The van der Waals surface area contributed by atoms with Gasteiger partial charge in [-0.1, -0.05) is 0 Å². The second-order valence-corrected chi connectivity index (χ2v) is 2.13. The zero-order valence-corrected chi connectivity index (χ0v) is 14.1. The summed E-state index contributed by atoms with van der Waals surface area (Å²) in [6.07, 6.45) is 0. The molecule has 0 saturated heterocycles. The first-order valence-corrected chi connectivity index (χ1v) is 4.74. The molecule has 2 radical (unpaired) electrons. The zero-order chi connectivity index (χ0) is 15.7. The van der Waals surface area contributed by atoms with Gasteiger partial charge in [0.25, 0.3) is 0 Å². The van der Waals surface area contributed by atoms with E-state index in [0.717, 1.165) is 0 Å². The normalized spacial score (nSPS) is 5.37. The SMILES string of the molecule is N#C[Se].N#C[Se].O=C([O-])C(=O)O.O=C([O-])C(=O)O.[Pt]. The maximum absolute atomic E-state index is 9.04. The molecule has 0 heterocycles. The standard InChI is InChI=1S/2C2H2O4.2CNSe.Pt/c2*3-1(4)2(5)6;2*2-1-3;/h2*(H,3,4)(H,5,6);;;/p-2. The summed E-state index contributed by atoms with van der Waals surface area (Å²) in [7, 11) is 0. The number of aliphatic carboxylic acids is 4. The molecule has 2 N–H and O–H groups in total. The molecule has 0 amide bonds. The molecule has 0 unspecified atom stereocenters. The number of carbonyl (C=O) groups is 4. The number of carboxylic acids is 4. The van der Waals surface area contributed by atoms with Crippen molar-refractivity contribution < 1.29 is 60.7 Å². The van der Waals surface area contributed by atoms with E-state index in [1.54, 1.807) is 9.94 Å². The molecule has 19 heavy (non-hydrogen) atoms. The van der Waals surface area contributed by atoms with E-state index in [9.17, 15) is 0 Å². The third-order valence-electron chi connectivity index (χ3n) is 0.349. The van der Waals surface area contributed by atoms with E-state index < -0.39 is 23.9 Å². The van der Waals surface area contributed by atoms with Crippen molar-refractivity contribution in [2.24, 2.45) is 0 Å². The third-order valence-corrected chi connectivity index (χ3v) is 0.349. The van der Waals surface area contributed by atoms with Crippen LogP contribution in [0.2, 0.25) is 0 Å². The van der Waals surface area contributed by atoms with Crippen molar-refractivity contribution in [2.75, 3.05) is 0 Å². The minimum absolute atomic E-state index is 0. The fourth-order valence-electron chi connectivity index (χ4n) is 0. The first-order valence-electron chi connectivity index (χ1n) is 3.03. The maximum atomic E-state index is 9.04. The van der Waals surface area contributed by atoms with E-state index in [2.05, 4.69) is 32.0 Å². The largest absolute Gasteiger partial charge is 0.539 e. The fourth-order valence-corrected chi connectivity index (χ4v) is 0. The molecule has 0 atom stereocenters. The summed E-state index contributed by atoms with van der Waals surface area (Å²) in [6.45, 7) is 0. The molecular formula is C6H2N2O8PtSe2-2. The number of rotatable bonds is 0. The zero-order valence-electron chi connectivity index (χ0n) is 8.37. The van der Waals surface area contributed by atoms with Crippen LogP contribution >= 0.6 is 0 Å². The van der Waals surface area contributed by atoms with Crippen molar-refractivity contribution >= 4 is 55.9 Å². The molecule has 0 spiro atoms. The van der Waals surface area contributed by atoms with Gasteiger partial charge in [-0.2, -0.15) is 0 Å². The van der Waals surface area contributed by atoms with Gasteiger partial charge in [-0.15, -0.1) is 0 Å². The van der Waals surface area contributed by atoms with Crippen molar-refractivity contribution in [3.63, 3.8) is 0 Å². The van der Waals surface area contributed by atoms with Crippen molar-refractivity contribution in [3.8, 4) is 9.94 Å². The van der Waals surface area contributed by atoms with Gasteiger partial charge in [0, 0.05) is 21.1 Å². The molecule has 0 aliphatic rings. The first-order chi connectivity index (χ1) is 8.11. The van der Waals surface area contributed by atoms with Crippen molar-refractivity contribution in [1.29, 1.82) is 10.5 Å². The fraction of sp³-hybridized carbons (Fsp3) is 0. The second-order valence-electron chi connectivity index (χ2n) is 1.37. The summed E-state index contributed by atoms with van der Waals surface area (Å²) < 4.78 is 0. The van der Waals surface area contributed by atoms with Crippen LogP contribution in [-0.2, 0) is 40.2 Å². The van der Waals surface area contributed by atoms with Crippen LogP contribution < -0.4 is 10.2 Å². The molecule has 0 aliphatic carbocycles. The topological polar surface area (TPSA) is 202 Å². The second kappa shape index (κ2) is 25.4. The van der Waals surface area contributed by atoms with Crippen LogP contribution in [0.15, 0.2) is 0 Å². The van der Waals surface area contributed by atoms with Crippen molar-refractivity contribution in [2.45, 2.75) is 0 Å². The average Bonchev–Trinajstić information content (AvgIpc) is 2.20. The Morgan fingerprint density at radius 1 is 0.842 bits per heavy atom. The Bertz CT molecular complexity index is 314. The van der Waals surface area contributed by atoms with Crippen LogP contribution in [0.5, 0.6) is 0 Å². The van der Waals surface area contributed by atoms with E-state index in [4.69, 9.17) is 50.1 Å². The Morgan fingerprint density at radius 3 is 0.895 bits per heavy atom. The van der Waals surface area contributed by atoms with E-state index in [1.165, 1.54) is 0 Å². The summed E-state index contributed by atoms with van der Waals surface area (Å²) in [6, 6.07) is 0. The van der Waals surface area contributed by atoms with Crippen LogP contribution in [0.4, 0.5) is 0 Å². The smallest absolute Gasteiger partial charge is 0.351 e. The van der Waals surface area contributed by atoms with Gasteiger partial charge >= 0.3 is 64.4 Å². The summed E-state index contributed by atoms with van der Waals surface area (Å²) >= 11 is 4.22. The Morgan fingerprint density at radius 2 is 0.895 bits per heavy atom. The molecular weight excluding hydrogens is 581 g/mol. The molecule has 13 heteroatoms. The van der Waals surface area contributed by atoms with Gasteiger partial charge in [0.05, 0.1) is 0 Å². The minimum Gasteiger partial charge on any atom is -0.539 e. The van der Waals surface area contributed by atoms with Gasteiger partial charge in [-0.3, -0.25) is 0 Å². The van der Waals surface area contributed by atoms with Crippen LogP contribution in [0.1, 0.15) is 0 Å². The van der Waals surface area contributed by atoms with E-state index in [0.29, 0.717) is 0 Å². The van der Waals surface area contributed by atoms with Crippen LogP contribution in [0.3, 0.4) is 0 Å². The number of nitrogens with zero attached hydrogens (tertiary/aromatic N) is 2. The van der Waals surface area contributed by atoms with E-state index in [-0.39, 0.29) is 21.1 Å². The molecule has 0 saturated carbocycles. The first kappa shape index (κ1) is 30.5. The summed E-state index contributed by atoms with van der Waals surface area (Å²) in [5.41, 5.74) is 0. The Labute approximate surface area is 136 Å². The summed E-state index contributed by atoms with van der Waals surface area (Å²) in [5, 5.41) is 47.2. The van der Waals surface area contributed by atoms with Gasteiger partial charge in [0.2, 0.25) is 0 Å². The number of hydrogen-bond acceptors (Lipinski definition) is 8. The third kappa shape index (κ3) is 81.3. The quantitative estimate of drug-likeness (QED) is 0.205. The average molecular weight is 583 g/mol. The van der Waals surface area contributed by atoms with E-state index in [1.807, 2.05) is 0 Å². The molecule has 0 bridgehead atoms. The van der Waals surface area contributed by atoms with Gasteiger partial charge in [-0.05, 0) is 0 Å². The van der Waals surface area contributed by atoms with Gasteiger partial charge in [-0.25, -0.2) is 9.59 Å². The van der Waals surface area contributed by atoms with Crippen molar-refractivity contribution in [1.82, 2.24) is 0 Å². The Hall–Kier alpha value is -1.41. The van der Waals surface area contributed by atoms with E-state index >= 15 is 0 Å². The van der Waals surface area contributed by atoms with Crippen LogP contribution in [0, 0.1) is 20.5 Å². The number of carbonyl (C=O) groups excluding carboxylic acids is 2. The van der Waals surface area contributed by atoms with Gasteiger partial charge < -0.3 is 30.0 Å². The molecule has 0 rings (SSSR count). The Kier molecular flexibility index (Phi) is 40.9. The molecule has 0 aromatic rings. The minimum atomic E-state index is -2.07. The number of nitriles is 2.